The molecule has 0 bridgehead atoms. The van der Waals surface area contributed by atoms with Crippen LogP contribution in [0, 0.1) is 5.92 Å². The molecule has 118 valence electrons. The smallest absolute Gasteiger partial charge is 0.303 e. The number of hydrogen-bond donors (Lipinski definition) is 1. The minimum atomic E-state index is -0.662. The van der Waals surface area contributed by atoms with Gasteiger partial charge >= 0.3 is 5.97 Å². The third kappa shape index (κ3) is 17.2. The molecule has 0 amide bonds. The first-order valence-corrected chi connectivity index (χ1v) is 8.49. The first-order valence-electron chi connectivity index (χ1n) is 8.49. The van der Waals surface area contributed by atoms with Gasteiger partial charge in [-0.05, 0) is 38.0 Å². The summed E-state index contributed by atoms with van der Waals surface area (Å²) >= 11 is 0. The highest BCUT2D eigenvalue weighted by molar-refractivity contribution is 5.66. The maximum absolute atomic E-state index is 10.3. The largest absolute Gasteiger partial charge is 0.481 e. The van der Waals surface area contributed by atoms with Crippen LogP contribution in [0.15, 0.2) is 12.2 Å². The number of hydrogen-bond acceptors (Lipinski definition) is 1. The van der Waals surface area contributed by atoms with Gasteiger partial charge in [0.15, 0.2) is 0 Å². The molecule has 0 aliphatic heterocycles. The lowest BCUT2D eigenvalue weighted by Gasteiger charge is -2.01. The second kappa shape index (κ2) is 14.6. The minimum absolute atomic E-state index is 0.335. The summed E-state index contributed by atoms with van der Waals surface area (Å²) in [4.78, 5) is 10.3. The monoisotopic (exact) mass is 282 g/mol. The highest BCUT2D eigenvalue weighted by atomic mass is 16.4. The van der Waals surface area contributed by atoms with Crippen molar-refractivity contribution in [3.05, 3.63) is 12.2 Å². The van der Waals surface area contributed by atoms with Crippen molar-refractivity contribution in [1.29, 1.82) is 0 Å². The van der Waals surface area contributed by atoms with E-state index in [1.165, 1.54) is 57.8 Å². The maximum atomic E-state index is 10.3. The van der Waals surface area contributed by atoms with E-state index in [1.807, 2.05) is 0 Å². The van der Waals surface area contributed by atoms with Gasteiger partial charge in [0.05, 0.1) is 0 Å². The predicted octanol–water partition coefficient (Wildman–Crippen LogP) is 5.96. The molecule has 0 spiro atoms. The molecule has 0 unspecified atom stereocenters. The van der Waals surface area contributed by atoms with E-state index in [2.05, 4.69) is 26.0 Å². The van der Waals surface area contributed by atoms with Crippen LogP contribution in [0.2, 0.25) is 0 Å². The van der Waals surface area contributed by atoms with Crippen LogP contribution in [0.3, 0.4) is 0 Å². The summed E-state index contributed by atoms with van der Waals surface area (Å²) in [5.74, 6) is 0.170. The molecule has 0 radical (unpaired) electrons. The van der Waals surface area contributed by atoms with Gasteiger partial charge in [0.1, 0.15) is 0 Å². The van der Waals surface area contributed by atoms with E-state index < -0.39 is 5.97 Å². The van der Waals surface area contributed by atoms with Gasteiger partial charge in [-0.1, -0.05) is 64.5 Å². The number of carboxylic acid groups (broad SMARTS) is 1. The van der Waals surface area contributed by atoms with E-state index in [0.717, 1.165) is 18.8 Å². The van der Waals surface area contributed by atoms with E-state index in [4.69, 9.17) is 5.11 Å². The number of carbonyl (C=O) groups is 1. The molecule has 0 saturated carbocycles. The molecule has 2 heteroatoms. The van der Waals surface area contributed by atoms with Crippen molar-refractivity contribution in [1.82, 2.24) is 0 Å². The maximum Gasteiger partial charge on any atom is 0.303 e. The zero-order valence-electron chi connectivity index (χ0n) is 13.6. The lowest BCUT2D eigenvalue weighted by atomic mass is 10.1. The molecule has 0 fully saturated rings. The molecule has 0 aliphatic rings. The molecule has 0 heterocycles. The lowest BCUT2D eigenvalue weighted by Crippen LogP contribution is -1.93. The first kappa shape index (κ1) is 19.2. The Morgan fingerprint density at radius 1 is 0.850 bits per heavy atom. The number of carboxylic acids is 1. The molecule has 0 rings (SSSR count). The highest BCUT2D eigenvalue weighted by Crippen LogP contribution is 2.11. The van der Waals surface area contributed by atoms with Crippen LogP contribution in [0.1, 0.15) is 90.9 Å². The van der Waals surface area contributed by atoms with Gasteiger partial charge in [-0.25, -0.2) is 0 Å². The SMILES string of the molecule is CC(C)CCCC=CCCCCCCCCCC(=O)O. The van der Waals surface area contributed by atoms with Crippen molar-refractivity contribution in [2.24, 2.45) is 5.92 Å². The number of rotatable bonds is 14. The molecule has 20 heavy (non-hydrogen) atoms. The van der Waals surface area contributed by atoms with Crippen molar-refractivity contribution in [3.63, 3.8) is 0 Å². The van der Waals surface area contributed by atoms with Crippen LogP contribution >= 0.6 is 0 Å². The number of allylic oxidation sites excluding steroid dienone is 2. The van der Waals surface area contributed by atoms with Gasteiger partial charge in [-0.2, -0.15) is 0 Å². The summed E-state index contributed by atoms with van der Waals surface area (Å²) in [6.07, 6.45) is 18.4. The molecule has 0 aromatic carbocycles. The van der Waals surface area contributed by atoms with Crippen LogP contribution in [0.25, 0.3) is 0 Å². The molecule has 0 atom stereocenters. The third-order valence-electron chi connectivity index (χ3n) is 3.58. The Balaban J connectivity index is 3.09. The lowest BCUT2D eigenvalue weighted by molar-refractivity contribution is -0.137. The second-order valence-corrected chi connectivity index (χ2v) is 6.20. The molecule has 2 nitrogen and oxygen atoms in total. The van der Waals surface area contributed by atoms with Crippen molar-refractivity contribution in [2.75, 3.05) is 0 Å². The topological polar surface area (TPSA) is 37.3 Å². The highest BCUT2D eigenvalue weighted by Gasteiger charge is 1.96. The fourth-order valence-electron chi connectivity index (χ4n) is 2.30. The van der Waals surface area contributed by atoms with Crippen molar-refractivity contribution < 1.29 is 9.90 Å². The Kier molecular flexibility index (Phi) is 14.0. The number of unbranched alkanes of at least 4 members (excludes halogenated alkanes) is 8. The average Bonchev–Trinajstić information content (AvgIpc) is 2.38. The summed E-state index contributed by atoms with van der Waals surface area (Å²) in [5.41, 5.74) is 0. The van der Waals surface area contributed by atoms with Gasteiger partial charge in [0.25, 0.3) is 0 Å². The van der Waals surface area contributed by atoms with Crippen LogP contribution in [-0.2, 0) is 4.79 Å². The Bertz CT molecular complexity index is 244. The Labute approximate surface area is 125 Å². The molecule has 0 aromatic heterocycles. The van der Waals surface area contributed by atoms with Crippen LogP contribution < -0.4 is 0 Å². The van der Waals surface area contributed by atoms with Crippen LogP contribution in [0.5, 0.6) is 0 Å². The summed E-state index contributed by atoms with van der Waals surface area (Å²) < 4.78 is 0. The van der Waals surface area contributed by atoms with Crippen molar-refractivity contribution >= 4 is 5.97 Å². The fourth-order valence-corrected chi connectivity index (χ4v) is 2.30. The minimum Gasteiger partial charge on any atom is -0.481 e. The summed E-state index contributed by atoms with van der Waals surface area (Å²) in [6.45, 7) is 4.57. The van der Waals surface area contributed by atoms with Gasteiger partial charge in [0, 0.05) is 6.42 Å². The Morgan fingerprint density at radius 2 is 1.35 bits per heavy atom. The quantitative estimate of drug-likeness (QED) is 0.315. The second-order valence-electron chi connectivity index (χ2n) is 6.20. The number of aliphatic carboxylic acids is 1. The van der Waals surface area contributed by atoms with Gasteiger partial charge < -0.3 is 5.11 Å². The first-order chi connectivity index (χ1) is 9.63. The van der Waals surface area contributed by atoms with Gasteiger partial charge in [-0.15, -0.1) is 0 Å². The van der Waals surface area contributed by atoms with E-state index in [0.29, 0.717) is 6.42 Å². The predicted molar refractivity (Wildman–Crippen MR) is 87.0 cm³/mol. The van der Waals surface area contributed by atoms with E-state index in [-0.39, 0.29) is 0 Å². The fraction of sp³-hybridized carbons (Fsp3) is 0.833. The van der Waals surface area contributed by atoms with E-state index in [9.17, 15) is 4.79 Å². The molecule has 0 aromatic rings. The van der Waals surface area contributed by atoms with Gasteiger partial charge in [0.2, 0.25) is 0 Å². The van der Waals surface area contributed by atoms with E-state index in [1.54, 1.807) is 0 Å². The van der Waals surface area contributed by atoms with Crippen LogP contribution in [0.4, 0.5) is 0 Å². The molecule has 0 saturated heterocycles. The molecule has 1 N–H and O–H groups in total. The van der Waals surface area contributed by atoms with Crippen molar-refractivity contribution in [2.45, 2.75) is 90.9 Å². The molecular formula is C18H34O2. The standard InChI is InChI=1S/C18H34O2/c1-17(2)15-13-11-9-7-5-3-4-6-8-10-12-14-16-18(19)20/h7,9,17H,3-6,8,10-16H2,1-2H3,(H,19,20). The summed E-state index contributed by atoms with van der Waals surface area (Å²) in [5, 5.41) is 8.51. The zero-order chi connectivity index (χ0) is 15.1. The molecular weight excluding hydrogens is 248 g/mol. The normalized spacial score (nSPS) is 11.6. The Morgan fingerprint density at radius 3 is 1.90 bits per heavy atom. The average molecular weight is 282 g/mol. The van der Waals surface area contributed by atoms with Crippen LogP contribution in [-0.4, -0.2) is 11.1 Å². The third-order valence-corrected chi connectivity index (χ3v) is 3.58. The van der Waals surface area contributed by atoms with Gasteiger partial charge in [-0.3, -0.25) is 4.79 Å². The molecule has 0 aliphatic carbocycles. The zero-order valence-corrected chi connectivity index (χ0v) is 13.6. The summed E-state index contributed by atoms with van der Waals surface area (Å²) in [6, 6.07) is 0. The van der Waals surface area contributed by atoms with Crippen molar-refractivity contribution in [3.8, 4) is 0 Å². The summed E-state index contributed by atoms with van der Waals surface area (Å²) in [7, 11) is 0. The Hall–Kier alpha value is -0.790. The van der Waals surface area contributed by atoms with E-state index >= 15 is 0 Å².